The van der Waals surface area contributed by atoms with Crippen molar-refractivity contribution in [3.63, 3.8) is 0 Å². The van der Waals surface area contributed by atoms with Crippen molar-refractivity contribution in [1.29, 1.82) is 0 Å². The fraction of sp³-hybridized carbons (Fsp3) is 0.182. The van der Waals surface area contributed by atoms with Gasteiger partial charge < -0.3 is 8.98 Å². The van der Waals surface area contributed by atoms with Crippen LogP contribution in [0, 0.1) is 0 Å². The van der Waals surface area contributed by atoms with E-state index in [1.54, 1.807) is 0 Å². The summed E-state index contributed by atoms with van der Waals surface area (Å²) in [6.07, 6.45) is 0. The van der Waals surface area contributed by atoms with Gasteiger partial charge >= 0.3 is 0 Å². The van der Waals surface area contributed by atoms with Gasteiger partial charge in [-0.05, 0) is 29.7 Å². The summed E-state index contributed by atoms with van der Waals surface area (Å²) >= 11 is 0. The van der Waals surface area contributed by atoms with E-state index in [0.717, 1.165) is 11.2 Å². The van der Waals surface area contributed by atoms with Crippen LogP contribution in [0.3, 0.4) is 0 Å². The van der Waals surface area contributed by atoms with Gasteiger partial charge in [0.2, 0.25) is 0 Å². The average molecular weight is 313 g/mol. The van der Waals surface area contributed by atoms with E-state index < -0.39 is 0 Å². The lowest BCUT2D eigenvalue weighted by Gasteiger charge is -2.12. The lowest BCUT2D eigenvalue weighted by Crippen LogP contribution is -1.96. The van der Waals surface area contributed by atoms with Crippen molar-refractivity contribution in [2.45, 2.75) is 19.8 Å². The molecular formula is C22H19NO. The monoisotopic (exact) mass is 313 g/mol. The third kappa shape index (κ3) is 1.60. The SMILES string of the molecule is CC(C)c1c2c(cc3c4ccccc4n(C)c13)oc1ccccc12. The van der Waals surface area contributed by atoms with Crippen LogP contribution in [0.1, 0.15) is 25.3 Å². The van der Waals surface area contributed by atoms with Gasteiger partial charge in [-0.3, -0.25) is 0 Å². The Morgan fingerprint density at radius 1 is 0.833 bits per heavy atom. The molecule has 3 aromatic carbocycles. The highest BCUT2D eigenvalue weighted by Crippen LogP contribution is 2.42. The molecule has 5 rings (SSSR count). The van der Waals surface area contributed by atoms with Crippen molar-refractivity contribution < 1.29 is 4.42 Å². The zero-order valence-corrected chi connectivity index (χ0v) is 14.1. The van der Waals surface area contributed by atoms with Crippen LogP contribution >= 0.6 is 0 Å². The fourth-order valence-electron chi connectivity index (χ4n) is 4.15. The second kappa shape index (κ2) is 4.64. The van der Waals surface area contributed by atoms with Crippen molar-refractivity contribution in [2.24, 2.45) is 7.05 Å². The van der Waals surface area contributed by atoms with Gasteiger partial charge in [0.25, 0.3) is 0 Å². The van der Waals surface area contributed by atoms with Crippen molar-refractivity contribution in [2.75, 3.05) is 0 Å². The lowest BCUT2D eigenvalue weighted by molar-refractivity contribution is 0.669. The Hall–Kier alpha value is -2.74. The summed E-state index contributed by atoms with van der Waals surface area (Å²) in [4.78, 5) is 0. The number of benzene rings is 3. The molecule has 2 heterocycles. The Balaban J connectivity index is 2.14. The highest BCUT2D eigenvalue weighted by atomic mass is 16.3. The predicted molar refractivity (Wildman–Crippen MR) is 102 cm³/mol. The fourth-order valence-corrected chi connectivity index (χ4v) is 4.15. The molecule has 0 amide bonds. The Kier molecular flexibility index (Phi) is 2.64. The summed E-state index contributed by atoms with van der Waals surface area (Å²) in [5, 5.41) is 5.05. The molecule has 5 aromatic rings. The molecule has 0 spiro atoms. The molecule has 0 aliphatic rings. The Morgan fingerprint density at radius 2 is 1.54 bits per heavy atom. The zero-order valence-electron chi connectivity index (χ0n) is 14.1. The summed E-state index contributed by atoms with van der Waals surface area (Å²) in [7, 11) is 2.17. The Bertz CT molecular complexity index is 1240. The molecule has 0 N–H and O–H groups in total. The first-order valence-corrected chi connectivity index (χ1v) is 8.48. The average Bonchev–Trinajstić information content (AvgIpc) is 3.09. The molecule has 24 heavy (non-hydrogen) atoms. The molecule has 0 aliphatic heterocycles. The molecule has 0 unspecified atom stereocenters. The van der Waals surface area contributed by atoms with Gasteiger partial charge in [0.05, 0.1) is 5.52 Å². The molecule has 2 heteroatoms. The topological polar surface area (TPSA) is 18.1 Å². The second-order valence-corrected chi connectivity index (χ2v) is 6.89. The largest absolute Gasteiger partial charge is 0.456 e. The number of fused-ring (bicyclic) bond motifs is 6. The van der Waals surface area contributed by atoms with E-state index >= 15 is 0 Å². The number of aromatic nitrogens is 1. The van der Waals surface area contributed by atoms with E-state index in [-0.39, 0.29) is 0 Å². The number of nitrogens with zero attached hydrogens (tertiary/aromatic N) is 1. The summed E-state index contributed by atoms with van der Waals surface area (Å²) in [6.45, 7) is 4.54. The van der Waals surface area contributed by atoms with Crippen molar-refractivity contribution in [3.05, 3.63) is 60.2 Å². The zero-order chi connectivity index (χ0) is 16.4. The highest BCUT2D eigenvalue weighted by molar-refractivity contribution is 6.18. The van der Waals surface area contributed by atoms with Gasteiger partial charge in [-0.2, -0.15) is 0 Å². The molecule has 0 fully saturated rings. The first-order chi connectivity index (χ1) is 11.7. The van der Waals surface area contributed by atoms with E-state index in [1.165, 1.54) is 38.1 Å². The molecule has 0 saturated carbocycles. The molecule has 0 bridgehead atoms. The van der Waals surface area contributed by atoms with Gasteiger partial charge in [0.15, 0.2) is 0 Å². The van der Waals surface area contributed by atoms with Crippen LogP contribution in [0.4, 0.5) is 0 Å². The number of aryl methyl sites for hydroxylation is 1. The van der Waals surface area contributed by atoms with Gasteiger partial charge in [-0.1, -0.05) is 50.2 Å². The van der Waals surface area contributed by atoms with Crippen LogP contribution in [-0.2, 0) is 7.05 Å². The van der Waals surface area contributed by atoms with Gasteiger partial charge in [0, 0.05) is 34.1 Å². The summed E-state index contributed by atoms with van der Waals surface area (Å²) in [5.74, 6) is 0.417. The molecule has 2 aromatic heterocycles. The van der Waals surface area contributed by atoms with Crippen molar-refractivity contribution >= 4 is 43.7 Å². The number of para-hydroxylation sites is 2. The van der Waals surface area contributed by atoms with Gasteiger partial charge in [-0.25, -0.2) is 0 Å². The van der Waals surface area contributed by atoms with Gasteiger partial charge in [-0.15, -0.1) is 0 Å². The first kappa shape index (κ1) is 13.7. The summed E-state index contributed by atoms with van der Waals surface area (Å²) in [6, 6.07) is 19.2. The van der Waals surface area contributed by atoms with Crippen LogP contribution in [0.15, 0.2) is 59.0 Å². The van der Waals surface area contributed by atoms with Crippen LogP contribution in [0.5, 0.6) is 0 Å². The third-order valence-corrected chi connectivity index (χ3v) is 5.15. The first-order valence-electron chi connectivity index (χ1n) is 8.48. The Labute approximate surface area is 140 Å². The minimum absolute atomic E-state index is 0.417. The number of furan rings is 1. The maximum Gasteiger partial charge on any atom is 0.136 e. The van der Waals surface area contributed by atoms with E-state index in [1.807, 2.05) is 6.07 Å². The summed E-state index contributed by atoms with van der Waals surface area (Å²) < 4.78 is 8.53. The molecular weight excluding hydrogens is 294 g/mol. The molecule has 0 atom stereocenters. The summed E-state index contributed by atoms with van der Waals surface area (Å²) in [5.41, 5.74) is 5.93. The lowest BCUT2D eigenvalue weighted by atomic mass is 9.94. The Morgan fingerprint density at radius 3 is 2.33 bits per heavy atom. The second-order valence-electron chi connectivity index (χ2n) is 6.89. The van der Waals surface area contributed by atoms with Crippen LogP contribution in [0.25, 0.3) is 43.7 Å². The van der Waals surface area contributed by atoms with Gasteiger partial charge in [0.1, 0.15) is 11.2 Å². The molecule has 118 valence electrons. The molecule has 0 radical (unpaired) electrons. The quantitative estimate of drug-likeness (QED) is 0.352. The van der Waals surface area contributed by atoms with E-state index in [0.29, 0.717) is 5.92 Å². The van der Waals surface area contributed by atoms with Crippen molar-refractivity contribution in [3.8, 4) is 0 Å². The van der Waals surface area contributed by atoms with E-state index in [4.69, 9.17) is 4.42 Å². The maximum absolute atomic E-state index is 6.20. The molecule has 0 aliphatic carbocycles. The number of rotatable bonds is 1. The maximum atomic E-state index is 6.20. The number of hydrogen-bond acceptors (Lipinski definition) is 1. The normalized spacial score (nSPS) is 12.3. The third-order valence-electron chi connectivity index (χ3n) is 5.15. The smallest absolute Gasteiger partial charge is 0.136 e. The highest BCUT2D eigenvalue weighted by Gasteiger charge is 2.21. The van der Waals surface area contributed by atoms with Crippen molar-refractivity contribution in [1.82, 2.24) is 4.57 Å². The van der Waals surface area contributed by atoms with Crippen LogP contribution in [0.2, 0.25) is 0 Å². The van der Waals surface area contributed by atoms with Crippen LogP contribution < -0.4 is 0 Å². The minimum atomic E-state index is 0.417. The standard InChI is InChI=1S/C22H19NO/c1-13(2)20-21-15-9-5-7-11-18(15)24-19(21)12-16-14-8-4-6-10-17(14)23(3)22(16)20/h4-13H,1-3H3. The van der Waals surface area contributed by atoms with E-state index in [9.17, 15) is 0 Å². The molecule has 0 saturated heterocycles. The van der Waals surface area contributed by atoms with E-state index in [2.05, 4.69) is 74.0 Å². The van der Waals surface area contributed by atoms with Crippen LogP contribution in [-0.4, -0.2) is 4.57 Å². The minimum Gasteiger partial charge on any atom is -0.456 e. The molecule has 2 nitrogen and oxygen atoms in total. The number of hydrogen-bond donors (Lipinski definition) is 0. The predicted octanol–water partition coefficient (Wildman–Crippen LogP) is 6.35.